The fourth-order valence-electron chi connectivity index (χ4n) is 3.47. The zero-order valence-electron chi connectivity index (χ0n) is 12.9. The van der Waals surface area contributed by atoms with Crippen LogP contribution in [0.5, 0.6) is 0 Å². The van der Waals surface area contributed by atoms with Gasteiger partial charge in [-0.15, -0.1) is 0 Å². The molecule has 2 aliphatic rings. The highest BCUT2D eigenvalue weighted by Crippen LogP contribution is 2.29. The summed E-state index contributed by atoms with van der Waals surface area (Å²) in [6.45, 7) is 10.7. The number of likely N-dealkylation sites (N-methyl/N-ethyl adjacent to an activating group) is 1. The van der Waals surface area contributed by atoms with Crippen LogP contribution in [0.25, 0.3) is 0 Å². The van der Waals surface area contributed by atoms with Gasteiger partial charge in [-0.2, -0.15) is 0 Å². The molecule has 0 aromatic carbocycles. The first-order chi connectivity index (χ1) is 9.07. The number of likely N-dealkylation sites (tertiary alicyclic amines) is 1. The highest BCUT2D eigenvalue weighted by molar-refractivity contribution is 5.00. The Morgan fingerprint density at radius 1 is 1.37 bits per heavy atom. The van der Waals surface area contributed by atoms with Crippen LogP contribution in [-0.4, -0.2) is 67.8 Å². The minimum atomic E-state index is 0.197. The fraction of sp³-hybridized carbons (Fsp3) is 1.00. The molecule has 4 nitrogen and oxygen atoms in total. The van der Waals surface area contributed by atoms with Gasteiger partial charge in [0.2, 0.25) is 0 Å². The molecule has 0 aromatic rings. The molecule has 2 fully saturated rings. The van der Waals surface area contributed by atoms with Crippen LogP contribution in [0.2, 0.25) is 0 Å². The summed E-state index contributed by atoms with van der Waals surface area (Å²) in [6.07, 6.45) is 3.62. The summed E-state index contributed by atoms with van der Waals surface area (Å²) in [6, 6.07) is 0.630. The van der Waals surface area contributed by atoms with E-state index in [4.69, 9.17) is 10.5 Å². The molecule has 2 aliphatic heterocycles. The van der Waals surface area contributed by atoms with Crippen LogP contribution in [0.3, 0.4) is 0 Å². The third-order valence-electron chi connectivity index (χ3n) is 5.15. The van der Waals surface area contributed by atoms with Crippen molar-refractivity contribution in [2.45, 2.75) is 44.7 Å². The number of nitrogens with two attached hydrogens (primary N) is 1. The maximum atomic E-state index is 6.14. The number of ether oxygens (including phenoxy) is 1. The van der Waals surface area contributed by atoms with Crippen LogP contribution in [0.4, 0.5) is 0 Å². The largest absolute Gasteiger partial charge is 0.381 e. The van der Waals surface area contributed by atoms with Crippen molar-refractivity contribution in [3.63, 3.8) is 0 Å². The molecule has 0 aliphatic carbocycles. The van der Waals surface area contributed by atoms with Gasteiger partial charge < -0.3 is 10.5 Å². The third kappa shape index (κ3) is 3.48. The smallest absolute Gasteiger partial charge is 0.0469 e. The Labute approximate surface area is 118 Å². The van der Waals surface area contributed by atoms with E-state index < -0.39 is 0 Å². The standard InChI is InChI=1S/C15H31N3O/c1-13(2)18-7-6-15(11-16,12-18)17(3)10-14-4-8-19-9-5-14/h13-14H,4-12,16H2,1-3H3. The van der Waals surface area contributed by atoms with Gasteiger partial charge in [-0.05, 0) is 46.1 Å². The second kappa shape index (κ2) is 6.53. The van der Waals surface area contributed by atoms with E-state index in [9.17, 15) is 0 Å². The second-order valence-electron chi connectivity index (χ2n) is 6.68. The van der Waals surface area contributed by atoms with Crippen molar-refractivity contribution in [1.82, 2.24) is 9.80 Å². The molecule has 1 unspecified atom stereocenters. The van der Waals surface area contributed by atoms with Crippen molar-refractivity contribution >= 4 is 0 Å². The van der Waals surface area contributed by atoms with E-state index in [1.54, 1.807) is 0 Å². The van der Waals surface area contributed by atoms with Crippen molar-refractivity contribution in [2.24, 2.45) is 11.7 Å². The Balaban J connectivity index is 1.92. The van der Waals surface area contributed by atoms with Crippen molar-refractivity contribution in [1.29, 1.82) is 0 Å². The monoisotopic (exact) mass is 269 g/mol. The number of nitrogens with zero attached hydrogens (tertiary/aromatic N) is 2. The van der Waals surface area contributed by atoms with Crippen LogP contribution >= 0.6 is 0 Å². The van der Waals surface area contributed by atoms with Crippen LogP contribution in [0.15, 0.2) is 0 Å². The Morgan fingerprint density at radius 3 is 2.58 bits per heavy atom. The highest BCUT2D eigenvalue weighted by atomic mass is 16.5. The Hall–Kier alpha value is -0.160. The molecule has 2 saturated heterocycles. The predicted molar refractivity (Wildman–Crippen MR) is 79.3 cm³/mol. The van der Waals surface area contributed by atoms with Crippen LogP contribution in [0.1, 0.15) is 33.1 Å². The van der Waals surface area contributed by atoms with Gasteiger partial charge in [0, 0.05) is 51.0 Å². The summed E-state index contributed by atoms with van der Waals surface area (Å²) in [5.41, 5.74) is 6.34. The predicted octanol–water partition coefficient (Wildman–Crippen LogP) is 1.16. The van der Waals surface area contributed by atoms with E-state index >= 15 is 0 Å². The topological polar surface area (TPSA) is 41.7 Å². The molecule has 19 heavy (non-hydrogen) atoms. The minimum Gasteiger partial charge on any atom is -0.381 e. The van der Waals surface area contributed by atoms with Gasteiger partial charge in [0.05, 0.1) is 0 Å². The van der Waals surface area contributed by atoms with Crippen LogP contribution in [-0.2, 0) is 4.74 Å². The molecule has 0 amide bonds. The Morgan fingerprint density at radius 2 is 2.05 bits per heavy atom. The van der Waals surface area contributed by atoms with Crippen molar-refractivity contribution in [3.05, 3.63) is 0 Å². The first-order valence-electron chi connectivity index (χ1n) is 7.80. The maximum absolute atomic E-state index is 6.14. The van der Waals surface area contributed by atoms with E-state index in [2.05, 4.69) is 30.7 Å². The second-order valence-corrected chi connectivity index (χ2v) is 6.68. The highest BCUT2D eigenvalue weighted by Gasteiger charge is 2.41. The number of rotatable bonds is 5. The summed E-state index contributed by atoms with van der Waals surface area (Å²) in [7, 11) is 2.27. The lowest BCUT2D eigenvalue weighted by Crippen LogP contribution is -2.55. The van der Waals surface area contributed by atoms with E-state index in [0.29, 0.717) is 6.04 Å². The Kier molecular flexibility index (Phi) is 5.23. The molecule has 0 bridgehead atoms. The molecule has 0 aromatic heterocycles. The molecular formula is C15H31N3O. The summed E-state index contributed by atoms with van der Waals surface area (Å²) in [5, 5.41) is 0. The maximum Gasteiger partial charge on any atom is 0.0469 e. The molecule has 4 heteroatoms. The average molecular weight is 269 g/mol. The molecule has 0 spiro atoms. The van der Waals surface area contributed by atoms with Gasteiger partial charge in [0.15, 0.2) is 0 Å². The molecule has 1 atom stereocenters. The first kappa shape index (κ1) is 15.2. The molecule has 2 rings (SSSR count). The zero-order valence-corrected chi connectivity index (χ0v) is 12.9. The SMILES string of the molecule is CC(C)N1CCC(CN)(N(C)CC2CCOCC2)C1. The zero-order chi connectivity index (χ0) is 13.9. The quantitative estimate of drug-likeness (QED) is 0.813. The van der Waals surface area contributed by atoms with E-state index in [1.807, 2.05) is 0 Å². The Bertz CT molecular complexity index is 279. The van der Waals surface area contributed by atoms with Gasteiger partial charge in [-0.3, -0.25) is 9.80 Å². The molecule has 2 N–H and O–H groups in total. The van der Waals surface area contributed by atoms with E-state index in [1.165, 1.54) is 32.4 Å². The van der Waals surface area contributed by atoms with E-state index in [-0.39, 0.29) is 5.54 Å². The van der Waals surface area contributed by atoms with Gasteiger partial charge in [0.25, 0.3) is 0 Å². The van der Waals surface area contributed by atoms with Gasteiger partial charge in [-0.1, -0.05) is 0 Å². The molecule has 112 valence electrons. The van der Waals surface area contributed by atoms with Crippen molar-refractivity contribution < 1.29 is 4.74 Å². The lowest BCUT2D eigenvalue weighted by atomic mass is 9.92. The minimum absolute atomic E-state index is 0.197. The van der Waals surface area contributed by atoms with Gasteiger partial charge in [0.1, 0.15) is 0 Å². The summed E-state index contributed by atoms with van der Waals surface area (Å²) >= 11 is 0. The fourth-order valence-corrected chi connectivity index (χ4v) is 3.47. The molecular weight excluding hydrogens is 238 g/mol. The average Bonchev–Trinajstić information content (AvgIpc) is 2.86. The van der Waals surface area contributed by atoms with Gasteiger partial charge >= 0.3 is 0 Å². The van der Waals surface area contributed by atoms with Gasteiger partial charge in [-0.25, -0.2) is 0 Å². The summed E-state index contributed by atoms with van der Waals surface area (Å²) in [5.74, 6) is 0.787. The molecule has 0 saturated carbocycles. The molecule has 2 heterocycles. The van der Waals surface area contributed by atoms with E-state index in [0.717, 1.165) is 32.2 Å². The van der Waals surface area contributed by atoms with Crippen LogP contribution < -0.4 is 5.73 Å². The van der Waals surface area contributed by atoms with Crippen LogP contribution in [0, 0.1) is 5.92 Å². The number of hydrogen-bond acceptors (Lipinski definition) is 4. The van der Waals surface area contributed by atoms with Crippen molar-refractivity contribution in [2.75, 3.05) is 46.4 Å². The lowest BCUT2D eigenvalue weighted by molar-refractivity contribution is 0.0351. The number of hydrogen-bond donors (Lipinski definition) is 1. The molecule has 0 radical (unpaired) electrons. The first-order valence-corrected chi connectivity index (χ1v) is 7.80. The normalized spacial score (nSPS) is 30.6. The van der Waals surface area contributed by atoms with Crippen molar-refractivity contribution in [3.8, 4) is 0 Å². The lowest BCUT2D eigenvalue weighted by Gasteiger charge is -2.41. The summed E-state index contributed by atoms with van der Waals surface area (Å²) in [4.78, 5) is 5.11. The summed E-state index contributed by atoms with van der Waals surface area (Å²) < 4.78 is 5.46. The third-order valence-corrected chi connectivity index (χ3v) is 5.15.